The summed E-state index contributed by atoms with van der Waals surface area (Å²) in [6, 6.07) is 7.76. The lowest BCUT2D eigenvalue weighted by Gasteiger charge is -2.34. The summed E-state index contributed by atoms with van der Waals surface area (Å²) in [7, 11) is 1.61. The molecular weight excluding hydrogens is 420 g/mol. The molecule has 1 fully saturated rings. The van der Waals surface area contributed by atoms with E-state index in [4.69, 9.17) is 15.6 Å². The fourth-order valence-corrected chi connectivity index (χ4v) is 4.16. The van der Waals surface area contributed by atoms with Gasteiger partial charge in [-0.05, 0) is 25.5 Å². The minimum Gasteiger partial charge on any atom is -0.496 e. The van der Waals surface area contributed by atoms with Crippen molar-refractivity contribution in [2.45, 2.75) is 39.2 Å². The molecule has 4 N–H and O–H groups in total. The van der Waals surface area contributed by atoms with E-state index < -0.39 is 0 Å². The Labute approximate surface area is 196 Å². The van der Waals surface area contributed by atoms with Crippen LogP contribution in [0.15, 0.2) is 24.3 Å². The van der Waals surface area contributed by atoms with E-state index in [1.807, 2.05) is 23.1 Å². The van der Waals surface area contributed by atoms with Gasteiger partial charge in [-0.1, -0.05) is 19.4 Å². The van der Waals surface area contributed by atoms with Gasteiger partial charge < -0.3 is 25.8 Å². The largest absolute Gasteiger partial charge is 0.496 e. The van der Waals surface area contributed by atoms with E-state index in [2.05, 4.69) is 34.0 Å². The molecule has 180 valence electrons. The van der Waals surface area contributed by atoms with Crippen molar-refractivity contribution in [3.8, 4) is 5.75 Å². The minimum absolute atomic E-state index is 0.00817. The first-order valence-electron chi connectivity index (χ1n) is 11.6. The Morgan fingerprint density at radius 3 is 2.67 bits per heavy atom. The number of nitrogens with one attached hydrogen (secondary N) is 1. The van der Waals surface area contributed by atoms with E-state index in [1.165, 1.54) is 0 Å². The first-order valence-corrected chi connectivity index (χ1v) is 11.6. The van der Waals surface area contributed by atoms with E-state index in [0.29, 0.717) is 49.2 Å². The van der Waals surface area contributed by atoms with Gasteiger partial charge in [0.25, 0.3) is 5.91 Å². The highest BCUT2D eigenvalue weighted by atomic mass is 16.5. The highest BCUT2D eigenvalue weighted by molar-refractivity contribution is 5.94. The third-order valence-electron chi connectivity index (χ3n) is 5.89. The Hall–Kier alpha value is -2.91. The first-order chi connectivity index (χ1) is 15.9. The molecule has 3 rings (SSSR count). The van der Waals surface area contributed by atoms with Gasteiger partial charge in [0.15, 0.2) is 0 Å². The average molecular weight is 457 g/mol. The number of rotatable bonds is 10. The second-order valence-corrected chi connectivity index (χ2v) is 8.50. The van der Waals surface area contributed by atoms with Crippen molar-refractivity contribution in [3.05, 3.63) is 41.1 Å². The van der Waals surface area contributed by atoms with Gasteiger partial charge in [0, 0.05) is 62.4 Å². The summed E-state index contributed by atoms with van der Waals surface area (Å²) in [6.45, 7) is 7.88. The zero-order valence-corrected chi connectivity index (χ0v) is 19.9. The molecule has 0 spiro atoms. The molecule has 33 heavy (non-hydrogen) atoms. The van der Waals surface area contributed by atoms with Crippen LogP contribution in [-0.2, 0) is 6.42 Å². The summed E-state index contributed by atoms with van der Waals surface area (Å²) in [5.41, 5.74) is 8.26. The van der Waals surface area contributed by atoms with Gasteiger partial charge >= 0.3 is 0 Å². The lowest BCUT2D eigenvalue weighted by atomic mass is 10.0. The zero-order valence-electron chi connectivity index (χ0n) is 19.9. The van der Waals surface area contributed by atoms with Crippen LogP contribution in [0.4, 0.5) is 11.8 Å². The molecule has 2 aromatic rings. The summed E-state index contributed by atoms with van der Waals surface area (Å²) in [5.74, 6) is 1.58. The van der Waals surface area contributed by atoms with Crippen LogP contribution in [-0.4, -0.2) is 83.3 Å². The van der Waals surface area contributed by atoms with Crippen molar-refractivity contribution in [1.82, 2.24) is 19.8 Å². The van der Waals surface area contributed by atoms with Crippen LogP contribution in [0, 0.1) is 0 Å². The molecule has 1 aliphatic heterocycles. The fraction of sp³-hybridized carbons (Fsp3) is 0.542. The van der Waals surface area contributed by atoms with Crippen LogP contribution in [0.2, 0.25) is 0 Å². The molecule has 0 bridgehead atoms. The summed E-state index contributed by atoms with van der Waals surface area (Å²) in [6.07, 6.45) is 2.64. The number of ether oxygens (including phenoxy) is 1. The fourth-order valence-electron chi connectivity index (χ4n) is 4.16. The molecule has 1 aromatic heterocycles. The Kier molecular flexibility index (Phi) is 8.85. The number of carbonyl (C=O) groups excluding carboxylic acids is 1. The molecule has 1 aromatic carbocycles. The molecule has 0 aliphatic carbocycles. The van der Waals surface area contributed by atoms with E-state index in [-0.39, 0.29) is 18.5 Å². The van der Waals surface area contributed by atoms with Gasteiger partial charge in [-0.15, -0.1) is 0 Å². The van der Waals surface area contributed by atoms with E-state index in [1.54, 1.807) is 13.2 Å². The molecular formula is C24H36N6O3. The van der Waals surface area contributed by atoms with Crippen LogP contribution in [0.3, 0.4) is 0 Å². The van der Waals surface area contributed by atoms with Crippen molar-refractivity contribution in [2.75, 3.05) is 57.5 Å². The number of carbonyl (C=O) groups is 1. The first kappa shape index (κ1) is 24.7. The van der Waals surface area contributed by atoms with Gasteiger partial charge in [0.2, 0.25) is 5.95 Å². The standard InChI is InChI=1S/C24H36N6O3/c1-4-5-17(2)26-22-16-20(27-24(25)28-22)14-18-6-7-19(15-21(18)33-3)23(32)30-10-8-29(9-11-30)12-13-31/h6-7,15-17,31H,4-5,8-14H2,1-3H3,(H3,25,26,27,28)/t17-/m0/s1. The number of aliphatic hydroxyl groups is 1. The highest BCUT2D eigenvalue weighted by Gasteiger charge is 2.22. The number of hydrogen-bond acceptors (Lipinski definition) is 8. The summed E-state index contributed by atoms with van der Waals surface area (Å²) in [4.78, 5) is 25.7. The van der Waals surface area contributed by atoms with Crippen LogP contribution >= 0.6 is 0 Å². The van der Waals surface area contributed by atoms with Crippen LogP contribution < -0.4 is 15.8 Å². The number of β-amino-alcohol motifs (C(OH)–C–C–N with tert-alkyl or cyclic N) is 1. The molecule has 1 aliphatic rings. The van der Waals surface area contributed by atoms with Gasteiger partial charge in [0.05, 0.1) is 19.4 Å². The third-order valence-corrected chi connectivity index (χ3v) is 5.89. The Morgan fingerprint density at radius 2 is 2.00 bits per heavy atom. The van der Waals surface area contributed by atoms with E-state index in [9.17, 15) is 4.79 Å². The van der Waals surface area contributed by atoms with Crippen molar-refractivity contribution in [3.63, 3.8) is 0 Å². The summed E-state index contributed by atoms with van der Waals surface area (Å²) >= 11 is 0. The third kappa shape index (κ3) is 6.79. The molecule has 0 radical (unpaired) electrons. The lowest BCUT2D eigenvalue weighted by Crippen LogP contribution is -2.49. The number of nitrogens with zero attached hydrogens (tertiary/aromatic N) is 4. The molecule has 9 heteroatoms. The van der Waals surface area contributed by atoms with Crippen molar-refractivity contribution in [2.24, 2.45) is 0 Å². The Morgan fingerprint density at radius 1 is 1.24 bits per heavy atom. The zero-order chi connectivity index (χ0) is 23.8. The normalized spacial score (nSPS) is 15.3. The second kappa shape index (κ2) is 11.8. The maximum Gasteiger partial charge on any atom is 0.254 e. The number of nitrogen functional groups attached to an aromatic ring is 1. The molecule has 0 unspecified atom stereocenters. The average Bonchev–Trinajstić information content (AvgIpc) is 2.79. The molecule has 9 nitrogen and oxygen atoms in total. The number of aliphatic hydroxyl groups excluding tert-OH is 1. The number of aromatic nitrogens is 2. The van der Waals surface area contributed by atoms with E-state index >= 15 is 0 Å². The SMILES string of the molecule is CCC[C@H](C)Nc1cc(Cc2ccc(C(=O)N3CCN(CCO)CC3)cc2OC)nc(N)n1. The molecule has 1 amide bonds. The van der Waals surface area contributed by atoms with Crippen LogP contribution in [0.1, 0.15) is 48.3 Å². The van der Waals surface area contributed by atoms with Gasteiger partial charge in [-0.2, -0.15) is 4.98 Å². The highest BCUT2D eigenvalue weighted by Crippen LogP contribution is 2.25. The van der Waals surface area contributed by atoms with Gasteiger partial charge in [-0.3, -0.25) is 9.69 Å². The van der Waals surface area contributed by atoms with Crippen molar-refractivity contribution >= 4 is 17.7 Å². The van der Waals surface area contributed by atoms with Crippen LogP contribution in [0.25, 0.3) is 0 Å². The number of piperazine rings is 1. The number of benzene rings is 1. The molecule has 0 saturated carbocycles. The lowest BCUT2D eigenvalue weighted by molar-refractivity contribution is 0.0614. The minimum atomic E-state index is -0.00817. The predicted octanol–water partition coefficient (Wildman–Crippen LogP) is 2.01. The maximum atomic E-state index is 13.0. The smallest absolute Gasteiger partial charge is 0.254 e. The number of methoxy groups -OCH3 is 1. The number of nitrogens with two attached hydrogens (primary N) is 1. The Bertz CT molecular complexity index is 930. The Balaban J connectivity index is 1.71. The maximum absolute atomic E-state index is 13.0. The second-order valence-electron chi connectivity index (χ2n) is 8.50. The molecule has 2 heterocycles. The molecule has 1 atom stereocenters. The number of amides is 1. The number of anilines is 2. The van der Waals surface area contributed by atoms with Gasteiger partial charge in [0.1, 0.15) is 11.6 Å². The predicted molar refractivity (Wildman–Crippen MR) is 130 cm³/mol. The monoisotopic (exact) mass is 456 g/mol. The van der Waals surface area contributed by atoms with Crippen molar-refractivity contribution in [1.29, 1.82) is 0 Å². The van der Waals surface area contributed by atoms with E-state index in [0.717, 1.165) is 37.2 Å². The number of hydrogen-bond donors (Lipinski definition) is 3. The van der Waals surface area contributed by atoms with Crippen LogP contribution in [0.5, 0.6) is 5.75 Å². The summed E-state index contributed by atoms with van der Waals surface area (Å²) < 4.78 is 5.60. The summed E-state index contributed by atoms with van der Waals surface area (Å²) in [5, 5.41) is 12.5. The topological polar surface area (TPSA) is 117 Å². The van der Waals surface area contributed by atoms with Gasteiger partial charge in [-0.25, -0.2) is 4.98 Å². The quantitative estimate of drug-likeness (QED) is 0.497. The van der Waals surface area contributed by atoms with Crippen molar-refractivity contribution < 1.29 is 14.6 Å². The molecule has 1 saturated heterocycles.